The SMILES string of the molecule is OC(C=C=C(n1nnc2ccccc21)C(O)(c1ccccc1)c1ccccc1)(c1ccccc1)c1ccccc1. The van der Waals surface area contributed by atoms with E-state index in [1.807, 2.05) is 146 Å². The van der Waals surface area contributed by atoms with Crippen molar-refractivity contribution in [3.8, 4) is 0 Å². The Morgan fingerprint density at radius 3 is 1.50 bits per heavy atom. The lowest BCUT2D eigenvalue weighted by atomic mass is 9.82. The van der Waals surface area contributed by atoms with Crippen LogP contribution in [0.15, 0.2) is 157 Å². The van der Waals surface area contributed by atoms with Crippen molar-refractivity contribution in [2.24, 2.45) is 0 Å². The topological polar surface area (TPSA) is 71.2 Å². The molecule has 5 aromatic carbocycles. The maximum absolute atomic E-state index is 12.8. The molecule has 40 heavy (non-hydrogen) atoms. The molecule has 5 heteroatoms. The van der Waals surface area contributed by atoms with Crippen molar-refractivity contribution in [3.63, 3.8) is 0 Å². The molecule has 0 fully saturated rings. The molecular formula is C35H27N3O2. The lowest BCUT2D eigenvalue weighted by Crippen LogP contribution is -2.32. The Balaban J connectivity index is 1.71. The molecule has 0 aliphatic rings. The number of rotatable bonds is 7. The van der Waals surface area contributed by atoms with Gasteiger partial charge in [0.25, 0.3) is 0 Å². The number of benzene rings is 5. The summed E-state index contributed by atoms with van der Waals surface area (Å²) in [5, 5.41) is 33.9. The summed E-state index contributed by atoms with van der Waals surface area (Å²) >= 11 is 0. The van der Waals surface area contributed by atoms with Gasteiger partial charge < -0.3 is 10.2 Å². The summed E-state index contributed by atoms with van der Waals surface area (Å²) in [6.07, 6.45) is 1.60. The van der Waals surface area contributed by atoms with E-state index in [1.165, 1.54) is 0 Å². The van der Waals surface area contributed by atoms with Crippen LogP contribution in [0, 0.1) is 0 Å². The third kappa shape index (κ3) is 4.45. The van der Waals surface area contributed by atoms with Crippen LogP contribution in [0.5, 0.6) is 0 Å². The molecule has 0 bridgehead atoms. The average molecular weight is 522 g/mol. The lowest BCUT2D eigenvalue weighted by molar-refractivity contribution is 0.132. The fraction of sp³-hybridized carbons (Fsp3) is 0.0571. The van der Waals surface area contributed by atoms with E-state index >= 15 is 0 Å². The zero-order valence-electron chi connectivity index (χ0n) is 21.7. The molecular weight excluding hydrogens is 494 g/mol. The van der Waals surface area contributed by atoms with Crippen LogP contribution in [0.2, 0.25) is 0 Å². The van der Waals surface area contributed by atoms with E-state index in [0.29, 0.717) is 39.0 Å². The molecule has 0 unspecified atom stereocenters. The molecule has 5 nitrogen and oxygen atoms in total. The second-order valence-electron chi connectivity index (χ2n) is 9.57. The predicted molar refractivity (Wildman–Crippen MR) is 157 cm³/mol. The van der Waals surface area contributed by atoms with E-state index in [4.69, 9.17) is 0 Å². The number of para-hydroxylation sites is 1. The minimum atomic E-state index is -1.69. The molecule has 0 aliphatic carbocycles. The molecule has 0 atom stereocenters. The number of fused-ring (bicyclic) bond motifs is 1. The maximum Gasteiger partial charge on any atom is 0.164 e. The van der Waals surface area contributed by atoms with E-state index in [2.05, 4.69) is 16.0 Å². The quantitative estimate of drug-likeness (QED) is 0.242. The monoisotopic (exact) mass is 521 g/mol. The van der Waals surface area contributed by atoms with Crippen LogP contribution >= 0.6 is 0 Å². The number of nitrogens with zero attached hydrogens (tertiary/aromatic N) is 3. The number of hydrogen-bond donors (Lipinski definition) is 2. The summed E-state index contributed by atoms with van der Waals surface area (Å²) in [6.45, 7) is 0. The minimum absolute atomic E-state index is 0.295. The fourth-order valence-corrected chi connectivity index (χ4v) is 5.04. The largest absolute Gasteiger partial charge is 0.376 e. The Hall–Kier alpha value is -5.06. The molecule has 6 aromatic rings. The van der Waals surface area contributed by atoms with Crippen LogP contribution in [0.4, 0.5) is 0 Å². The Kier molecular flexibility index (Phi) is 6.69. The smallest absolute Gasteiger partial charge is 0.164 e. The van der Waals surface area contributed by atoms with Gasteiger partial charge in [0, 0.05) is 6.08 Å². The molecule has 0 saturated heterocycles. The van der Waals surface area contributed by atoms with Crippen molar-refractivity contribution < 1.29 is 10.2 Å². The van der Waals surface area contributed by atoms with Gasteiger partial charge in [-0.05, 0) is 34.4 Å². The van der Waals surface area contributed by atoms with Gasteiger partial charge in [-0.3, -0.25) is 0 Å². The van der Waals surface area contributed by atoms with Gasteiger partial charge in [-0.1, -0.05) is 144 Å². The Morgan fingerprint density at radius 1 is 0.575 bits per heavy atom. The summed E-state index contributed by atoms with van der Waals surface area (Å²) in [6, 6.07) is 45.2. The van der Waals surface area contributed by atoms with Crippen molar-refractivity contribution in [2.45, 2.75) is 11.2 Å². The van der Waals surface area contributed by atoms with Gasteiger partial charge in [-0.15, -0.1) is 5.10 Å². The molecule has 6 rings (SSSR count). The van der Waals surface area contributed by atoms with Crippen LogP contribution < -0.4 is 0 Å². The Labute approximate surface area is 232 Å². The number of hydrogen-bond acceptors (Lipinski definition) is 4. The second-order valence-corrected chi connectivity index (χ2v) is 9.57. The van der Waals surface area contributed by atoms with Crippen LogP contribution in [0.3, 0.4) is 0 Å². The first-order valence-electron chi connectivity index (χ1n) is 13.1. The van der Waals surface area contributed by atoms with Crippen molar-refractivity contribution in [3.05, 3.63) is 180 Å². The summed E-state index contributed by atoms with van der Waals surface area (Å²) in [5.74, 6) is 0. The van der Waals surface area contributed by atoms with Crippen molar-refractivity contribution in [1.82, 2.24) is 15.0 Å². The second kappa shape index (κ2) is 10.6. The minimum Gasteiger partial charge on any atom is -0.376 e. The van der Waals surface area contributed by atoms with Gasteiger partial charge in [-0.25, -0.2) is 4.68 Å². The van der Waals surface area contributed by atoms with E-state index in [9.17, 15) is 10.2 Å². The van der Waals surface area contributed by atoms with E-state index in [1.54, 1.807) is 10.8 Å². The molecule has 2 N–H and O–H groups in total. The van der Waals surface area contributed by atoms with Crippen molar-refractivity contribution in [2.75, 3.05) is 0 Å². The molecule has 0 spiro atoms. The average Bonchev–Trinajstić information content (AvgIpc) is 3.46. The van der Waals surface area contributed by atoms with E-state index in [-0.39, 0.29) is 0 Å². The zero-order chi connectivity index (χ0) is 27.4. The summed E-state index contributed by atoms with van der Waals surface area (Å²) in [7, 11) is 0. The maximum atomic E-state index is 12.8. The van der Waals surface area contributed by atoms with Gasteiger partial charge >= 0.3 is 0 Å². The standard InChI is InChI=1S/C35H27N3O2/c39-34(27-15-5-1-6-16-27,28-17-7-2-8-18-28)26-25-33(38-32-24-14-13-23-31(32)36-37-38)35(40,29-19-9-3-10-20-29)30-21-11-4-12-22-30/h1-24,26,39-40H. The highest BCUT2D eigenvalue weighted by Crippen LogP contribution is 2.40. The number of aromatic nitrogens is 3. The van der Waals surface area contributed by atoms with Crippen LogP contribution in [-0.4, -0.2) is 25.2 Å². The molecule has 1 aromatic heterocycles. The van der Waals surface area contributed by atoms with Crippen LogP contribution in [-0.2, 0) is 11.2 Å². The zero-order valence-corrected chi connectivity index (χ0v) is 21.7. The van der Waals surface area contributed by atoms with Gasteiger partial charge in [0.15, 0.2) is 5.60 Å². The fourth-order valence-electron chi connectivity index (χ4n) is 5.04. The predicted octanol–water partition coefficient (Wildman–Crippen LogP) is 6.30. The third-order valence-corrected chi connectivity index (χ3v) is 7.14. The molecule has 0 amide bonds. The van der Waals surface area contributed by atoms with E-state index < -0.39 is 11.2 Å². The molecule has 0 radical (unpaired) electrons. The first-order valence-corrected chi connectivity index (χ1v) is 13.1. The summed E-state index contributed by atoms with van der Waals surface area (Å²) in [5.41, 5.74) is 4.36. The van der Waals surface area contributed by atoms with Crippen molar-refractivity contribution >= 4 is 16.7 Å². The molecule has 194 valence electrons. The van der Waals surface area contributed by atoms with Gasteiger partial charge in [0.1, 0.15) is 16.8 Å². The molecule has 1 heterocycles. The Morgan fingerprint density at radius 2 is 1.00 bits per heavy atom. The van der Waals surface area contributed by atoms with E-state index in [0.717, 1.165) is 0 Å². The van der Waals surface area contributed by atoms with Crippen LogP contribution in [0.25, 0.3) is 16.7 Å². The molecule has 0 saturated carbocycles. The first-order chi connectivity index (χ1) is 19.6. The van der Waals surface area contributed by atoms with Gasteiger partial charge in [0.2, 0.25) is 0 Å². The Bertz CT molecular complexity index is 1710. The molecule has 0 aliphatic heterocycles. The normalized spacial score (nSPS) is 11.7. The summed E-state index contributed by atoms with van der Waals surface area (Å²) in [4.78, 5) is 0. The van der Waals surface area contributed by atoms with Gasteiger partial charge in [0.05, 0.1) is 5.52 Å². The highest BCUT2D eigenvalue weighted by molar-refractivity contribution is 5.80. The number of aliphatic hydroxyl groups is 2. The van der Waals surface area contributed by atoms with Gasteiger partial charge in [-0.2, -0.15) is 0 Å². The summed E-state index contributed by atoms with van der Waals surface area (Å²) < 4.78 is 1.60. The third-order valence-electron chi connectivity index (χ3n) is 7.14. The highest BCUT2D eigenvalue weighted by Gasteiger charge is 2.39. The van der Waals surface area contributed by atoms with Crippen LogP contribution in [0.1, 0.15) is 22.3 Å². The highest BCUT2D eigenvalue weighted by atomic mass is 16.3. The lowest BCUT2D eigenvalue weighted by Gasteiger charge is -2.31. The van der Waals surface area contributed by atoms with Crippen molar-refractivity contribution in [1.29, 1.82) is 0 Å². The first kappa shape index (κ1) is 25.2.